The molecule has 0 spiro atoms. The molecule has 0 saturated carbocycles. The maximum atomic E-state index is 13.8. The fraction of sp³-hybridized carbons (Fsp3) is 0.357. The van der Waals surface area contributed by atoms with Gasteiger partial charge >= 0.3 is 0 Å². The molecule has 1 aromatic rings. The first kappa shape index (κ1) is 8.14. The van der Waals surface area contributed by atoms with E-state index in [1.54, 1.807) is 0 Å². The Morgan fingerprint density at radius 1 is 1.45 bits per heavy atom. The molecule has 1 aliphatic heterocycles. The molecule has 1 aliphatic rings. The summed E-state index contributed by atoms with van der Waals surface area (Å²) in [7, 11) is 0. The van der Waals surface area contributed by atoms with Crippen molar-refractivity contribution < 1.29 is 27.0 Å². The zero-order valence-electron chi connectivity index (χ0n) is 16.4. The Hall–Kier alpha value is -2.24. The number of benzene rings is 1. The second kappa shape index (κ2) is 5.81. The van der Waals surface area contributed by atoms with Gasteiger partial charge in [-0.25, -0.2) is 4.39 Å². The Balaban J connectivity index is 2.27. The van der Waals surface area contributed by atoms with E-state index in [0.29, 0.717) is 0 Å². The van der Waals surface area contributed by atoms with Crippen molar-refractivity contribution in [2.45, 2.75) is 32.2 Å². The summed E-state index contributed by atoms with van der Waals surface area (Å²) in [5.41, 5.74) is -0.481. The highest BCUT2D eigenvalue weighted by Crippen LogP contribution is 2.15. The highest BCUT2D eigenvalue weighted by Gasteiger charge is 2.35. The van der Waals surface area contributed by atoms with Crippen molar-refractivity contribution in [3.63, 3.8) is 0 Å². The number of imide groups is 1. The molecule has 0 aromatic heterocycles. The average molecular weight is 284 g/mol. The van der Waals surface area contributed by atoms with E-state index in [0.717, 1.165) is 19.1 Å². The lowest BCUT2D eigenvalue weighted by Gasteiger charge is -2.21. The van der Waals surface area contributed by atoms with Gasteiger partial charge in [-0.1, -0.05) is 18.2 Å². The number of rotatable bonds is 4. The van der Waals surface area contributed by atoms with Crippen LogP contribution in [0.1, 0.15) is 33.5 Å². The molecule has 0 bridgehead atoms. The first-order valence-corrected chi connectivity index (χ1v) is 5.70. The third-order valence-electron chi connectivity index (χ3n) is 2.67. The van der Waals surface area contributed by atoms with Crippen molar-refractivity contribution in [3.05, 3.63) is 35.6 Å². The number of hydrogen-bond donors (Lipinski definition) is 1. The Morgan fingerprint density at radius 3 is 2.65 bits per heavy atom. The Kier molecular flexibility index (Phi) is 2.37. The minimum absolute atomic E-state index is 0.118. The first-order chi connectivity index (χ1) is 11.7. The standard InChI is InChI=1S/C14H15FN2O3/c1-9(17-12(18)6-7-13(17)19)14(20)16-8-10-4-2-3-5-11(10)15/h2-5,9H,6-8H2,1H3,(H,16,20)/t9-/m0/s1/i6D2,7D2,8D2. The molecule has 0 aliphatic carbocycles. The van der Waals surface area contributed by atoms with Gasteiger partial charge in [0.15, 0.2) is 0 Å². The van der Waals surface area contributed by atoms with E-state index in [-0.39, 0.29) is 4.90 Å². The fourth-order valence-corrected chi connectivity index (χ4v) is 1.58. The Labute approximate surface area is 124 Å². The van der Waals surface area contributed by atoms with Gasteiger partial charge in [-0.15, -0.1) is 0 Å². The molecule has 1 heterocycles. The van der Waals surface area contributed by atoms with Crippen LogP contribution in [0, 0.1) is 5.82 Å². The lowest BCUT2D eigenvalue weighted by atomic mass is 10.2. The summed E-state index contributed by atoms with van der Waals surface area (Å²) < 4.78 is 59.2. The van der Waals surface area contributed by atoms with E-state index in [9.17, 15) is 18.8 Å². The van der Waals surface area contributed by atoms with Gasteiger partial charge in [-0.2, -0.15) is 0 Å². The molecule has 1 aromatic carbocycles. The number of carbonyl (C=O) groups excluding carboxylic acids is 3. The number of nitrogens with zero attached hydrogens (tertiary/aromatic N) is 1. The summed E-state index contributed by atoms with van der Waals surface area (Å²) in [4.78, 5) is 36.5. The molecular formula is C14H15FN2O3. The van der Waals surface area contributed by atoms with E-state index < -0.39 is 54.4 Å². The molecule has 1 N–H and O–H groups in total. The van der Waals surface area contributed by atoms with Gasteiger partial charge in [0.2, 0.25) is 17.7 Å². The van der Waals surface area contributed by atoms with Gasteiger partial charge in [0.1, 0.15) is 11.9 Å². The molecule has 106 valence electrons. The molecule has 1 fully saturated rings. The van der Waals surface area contributed by atoms with E-state index in [1.165, 1.54) is 12.1 Å². The number of likely N-dealkylation sites (tertiary alicyclic amines) is 1. The van der Waals surface area contributed by atoms with Crippen molar-refractivity contribution in [1.29, 1.82) is 0 Å². The van der Waals surface area contributed by atoms with Crippen molar-refractivity contribution in [3.8, 4) is 0 Å². The van der Waals surface area contributed by atoms with E-state index in [2.05, 4.69) is 0 Å². The van der Waals surface area contributed by atoms with Gasteiger partial charge in [-0.05, 0) is 13.0 Å². The molecule has 5 nitrogen and oxygen atoms in total. The van der Waals surface area contributed by atoms with Crippen LogP contribution in [0.2, 0.25) is 0 Å². The van der Waals surface area contributed by atoms with Crippen LogP contribution in [0.25, 0.3) is 0 Å². The maximum absolute atomic E-state index is 13.8. The van der Waals surface area contributed by atoms with Crippen molar-refractivity contribution in [1.82, 2.24) is 10.2 Å². The van der Waals surface area contributed by atoms with Gasteiger partial charge in [-0.3, -0.25) is 19.3 Å². The summed E-state index contributed by atoms with van der Waals surface area (Å²) in [6, 6.07) is 3.06. The summed E-state index contributed by atoms with van der Waals surface area (Å²) in [5, 5.41) is 1.85. The SMILES string of the molecule is [2H]C([2H])(NC(=O)[C@H](C)N1C(=O)C([2H])([2H])C([2H])([2H])C1=O)c1ccccc1F. The molecule has 6 heteroatoms. The zero-order valence-corrected chi connectivity index (χ0v) is 10.4. The van der Waals surface area contributed by atoms with E-state index >= 15 is 0 Å². The lowest BCUT2D eigenvalue weighted by molar-refractivity contribution is -0.146. The second-order valence-electron chi connectivity index (χ2n) is 4.00. The smallest absolute Gasteiger partial charge is 0.243 e. The minimum atomic E-state index is -3.16. The molecule has 2 rings (SSSR count). The van der Waals surface area contributed by atoms with Gasteiger partial charge in [0.05, 0.1) is 2.74 Å². The van der Waals surface area contributed by atoms with Crippen molar-refractivity contribution in [2.75, 3.05) is 0 Å². The predicted octanol–water partition coefficient (Wildman–Crippen LogP) is 0.979. The van der Waals surface area contributed by atoms with Crippen molar-refractivity contribution >= 4 is 17.7 Å². The Morgan fingerprint density at radius 2 is 2.05 bits per heavy atom. The van der Waals surface area contributed by atoms with Crippen LogP contribution in [0.5, 0.6) is 0 Å². The average Bonchev–Trinajstić information content (AvgIpc) is 2.64. The van der Waals surface area contributed by atoms with Gasteiger partial charge in [0, 0.05) is 30.3 Å². The fourth-order valence-electron chi connectivity index (χ4n) is 1.58. The normalized spacial score (nSPS) is 26.6. The molecule has 0 unspecified atom stereocenters. The van der Waals surface area contributed by atoms with Crippen LogP contribution < -0.4 is 5.32 Å². The predicted molar refractivity (Wildman–Crippen MR) is 68.8 cm³/mol. The number of nitrogens with one attached hydrogen (secondary N) is 1. The van der Waals surface area contributed by atoms with E-state index in [1.807, 2.05) is 5.32 Å². The lowest BCUT2D eigenvalue weighted by Crippen LogP contribution is -2.47. The molecule has 1 saturated heterocycles. The zero-order chi connectivity index (χ0) is 20.1. The summed E-state index contributed by atoms with van der Waals surface area (Å²) in [6.07, 6.45) is -6.33. The van der Waals surface area contributed by atoms with Crippen LogP contribution in [-0.2, 0) is 20.9 Å². The first-order valence-electron chi connectivity index (χ1n) is 8.70. The second-order valence-corrected chi connectivity index (χ2v) is 4.00. The quantitative estimate of drug-likeness (QED) is 0.838. The molecule has 3 amide bonds. The van der Waals surface area contributed by atoms with Crippen molar-refractivity contribution in [2.24, 2.45) is 0 Å². The molecule has 0 radical (unpaired) electrons. The van der Waals surface area contributed by atoms with Gasteiger partial charge in [0.25, 0.3) is 0 Å². The highest BCUT2D eigenvalue weighted by atomic mass is 19.1. The number of carbonyl (C=O) groups is 3. The van der Waals surface area contributed by atoms with Crippen LogP contribution in [0.15, 0.2) is 24.3 Å². The van der Waals surface area contributed by atoms with E-state index in [4.69, 9.17) is 8.22 Å². The largest absolute Gasteiger partial charge is 0.350 e. The topological polar surface area (TPSA) is 66.5 Å². The molecular weight excluding hydrogens is 263 g/mol. The number of hydrogen-bond acceptors (Lipinski definition) is 3. The van der Waals surface area contributed by atoms with Crippen LogP contribution in [0.3, 0.4) is 0 Å². The number of halogens is 1. The summed E-state index contributed by atoms with van der Waals surface area (Å²) in [6.45, 7) is -1.67. The van der Waals surface area contributed by atoms with Gasteiger partial charge < -0.3 is 5.32 Å². The number of amides is 3. The summed E-state index contributed by atoms with van der Waals surface area (Å²) >= 11 is 0. The van der Waals surface area contributed by atoms with Crippen LogP contribution in [-0.4, -0.2) is 28.7 Å². The molecule has 1 atom stereocenters. The summed E-state index contributed by atoms with van der Waals surface area (Å²) in [5.74, 6) is -5.22. The van der Waals surface area contributed by atoms with Crippen LogP contribution >= 0.6 is 0 Å². The van der Waals surface area contributed by atoms with Crippen LogP contribution in [0.4, 0.5) is 4.39 Å². The third-order valence-corrected chi connectivity index (χ3v) is 2.67. The molecule has 20 heavy (non-hydrogen) atoms. The third kappa shape index (κ3) is 2.84. The Bertz CT molecular complexity index is 760. The monoisotopic (exact) mass is 284 g/mol. The maximum Gasteiger partial charge on any atom is 0.243 e. The minimum Gasteiger partial charge on any atom is -0.350 e. The highest BCUT2D eigenvalue weighted by molar-refractivity contribution is 6.05.